The summed E-state index contributed by atoms with van der Waals surface area (Å²) in [5, 5.41) is 8.26. The highest BCUT2D eigenvalue weighted by molar-refractivity contribution is 7.89. The van der Waals surface area contributed by atoms with Crippen LogP contribution in [0.5, 0.6) is 0 Å². The smallest absolute Gasteiger partial charge is 0.238 e. The largest absolute Gasteiger partial charge is 0.382 e. The maximum Gasteiger partial charge on any atom is 0.238 e. The Hall–Kier alpha value is -2.82. The minimum absolute atomic E-state index is 0.00522. The van der Waals surface area contributed by atoms with E-state index in [1.54, 1.807) is 6.07 Å². The summed E-state index contributed by atoms with van der Waals surface area (Å²) in [7, 11) is -3.85. The number of nitrogen functional groups attached to an aromatic ring is 1. The van der Waals surface area contributed by atoms with Crippen LogP contribution in [0, 0.1) is 5.82 Å². The van der Waals surface area contributed by atoms with E-state index in [2.05, 4.69) is 10.3 Å². The zero-order valence-corrected chi connectivity index (χ0v) is 14.8. The van der Waals surface area contributed by atoms with Gasteiger partial charge in [-0.3, -0.25) is 4.79 Å². The molecule has 7 nitrogen and oxygen atoms in total. The van der Waals surface area contributed by atoms with E-state index in [1.165, 1.54) is 36.4 Å². The first-order valence-electron chi connectivity index (χ1n) is 7.20. The van der Waals surface area contributed by atoms with E-state index in [4.69, 9.17) is 10.9 Å². The van der Waals surface area contributed by atoms with Gasteiger partial charge in [0.15, 0.2) is 5.13 Å². The van der Waals surface area contributed by atoms with Crippen molar-refractivity contribution in [2.75, 3.05) is 11.1 Å². The molecule has 0 amide bonds. The number of sulfonamides is 1. The van der Waals surface area contributed by atoms with Gasteiger partial charge in [0.1, 0.15) is 16.5 Å². The molecule has 3 rings (SSSR count). The van der Waals surface area contributed by atoms with Crippen LogP contribution in [-0.2, 0) is 10.0 Å². The van der Waals surface area contributed by atoms with Crippen LogP contribution in [0.25, 0.3) is 0 Å². The molecule has 0 aliphatic carbocycles. The summed E-state index contributed by atoms with van der Waals surface area (Å²) < 4.78 is 36.1. The lowest BCUT2D eigenvalue weighted by molar-refractivity contribution is 0.104. The van der Waals surface area contributed by atoms with Gasteiger partial charge in [-0.1, -0.05) is 29.5 Å². The fourth-order valence-corrected chi connectivity index (χ4v) is 3.61. The van der Waals surface area contributed by atoms with Crippen LogP contribution in [0.1, 0.15) is 15.2 Å². The lowest BCUT2D eigenvalue weighted by atomic mass is 10.1. The molecule has 0 spiro atoms. The Morgan fingerprint density at radius 3 is 2.58 bits per heavy atom. The fourth-order valence-electron chi connectivity index (χ4n) is 2.18. The maximum absolute atomic E-state index is 13.3. The SMILES string of the molecule is Nc1nc(Nc2cccc(S(N)(=O)=O)c2)sc1C(=O)c1cccc(F)c1. The van der Waals surface area contributed by atoms with Gasteiger partial charge in [0.05, 0.1) is 4.90 Å². The molecule has 1 aromatic heterocycles. The Morgan fingerprint density at radius 1 is 1.15 bits per heavy atom. The average Bonchev–Trinajstić information content (AvgIpc) is 2.94. The third kappa shape index (κ3) is 3.87. The molecule has 0 aliphatic heterocycles. The molecule has 5 N–H and O–H groups in total. The number of nitrogens with one attached hydrogen (secondary N) is 1. The van der Waals surface area contributed by atoms with E-state index in [0.717, 1.165) is 17.4 Å². The highest BCUT2D eigenvalue weighted by Crippen LogP contribution is 2.30. The van der Waals surface area contributed by atoms with E-state index in [-0.39, 0.29) is 26.3 Å². The zero-order valence-electron chi connectivity index (χ0n) is 13.1. The molecule has 0 fully saturated rings. The van der Waals surface area contributed by atoms with Gasteiger partial charge in [0, 0.05) is 11.3 Å². The molecular weight excluding hydrogens is 379 g/mol. The second-order valence-electron chi connectivity index (χ2n) is 5.27. The predicted octanol–water partition coefficient (Wildman–Crippen LogP) is 2.49. The van der Waals surface area contributed by atoms with E-state index in [1.807, 2.05) is 0 Å². The van der Waals surface area contributed by atoms with Crippen molar-refractivity contribution in [3.8, 4) is 0 Å². The van der Waals surface area contributed by atoms with Crippen LogP contribution in [0.4, 0.5) is 21.0 Å². The second-order valence-corrected chi connectivity index (χ2v) is 7.83. The van der Waals surface area contributed by atoms with Crippen molar-refractivity contribution in [3.05, 3.63) is 64.8 Å². The maximum atomic E-state index is 13.3. The Kier molecular flexibility index (Phi) is 4.72. The molecule has 0 aliphatic rings. The highest BCUT2D eigenvalue weighted by Gasteiger charge is 2.19. The van der Waals surface area contributed by atoms with Crippen LogP contribution >= 0.6 is 11.3 Å². The summed E-state index contributed by atoms with van der Waals surface area (Å²) >= 11 is 0.977. The molecule has 0 saturated heterocycles. The molecule has 0 atom stereocenters. The second kappa shape index (κ2) is 6.83. The molecule has 134 valence electrons. The molecule has 0 bridgehead atoms. The summed E-state index contributed by atoms with van der Waals surface area (Å²) in [5.41, 5.74) is 6.37. The highest BCUT2D eigenvalue weighted by atomic mass is 32.2. The van der Waals surface area contributed by atoms with Crippen LogP contribution in [-0.4, -0.2) is 19.2 Å². The molecule has 10 heteroatoms. The van der Waals surface area contributed by atoms with Gasteiger partial charge >= 0.3 is 0 Å². The Labute approximate surface area is 152 Å². The lowest BCUT2D eigenvalue weighted by Crippen LogP contribution is -2.12. The number of carbonyl (C=O) groups excluding carboxylic acids is 1. The molecule has 2 aromatic carbocycles. The van der Waals surface area contributed by atoms with Crippen molar-refractivity contribution < 1.29 is 17.6 Å². The molecule has 0 unspecified atom stereocenters. The number of carbonyl (C=O) groups is 1. The van der Waals surface area contributed by atoms with Crippen molar-refractivity contribution in [2.24, 2.45) is 5.14 Å². The number of rotatable bonds is 5. The van der Waals surface area contributed by atoms with Gasteiger partial charge in [-0.05, 0) is 30.3 Å². The van der Waals surface area contributed by atoms with Crippen molar-refractivity contribution in [1.29, 1.82) is 0 Å². The van der Waals surface area contributed by atoms with Gasteiger partial charge in [-0.2, -0.15) is 0 Å². The van der Waals surface area contributed by atoms with Gasteiger partial charge in [-0.15, -0.1) is 0 Å². The monoisotopic (exact) mass is 392 g/mol. The minimum Gasteiger partial charge on any atom is -0.382 e. The summed E-state index contributed by atoms with van der Waals surface area (Å²) in [6, 6.07) is 11.1. The first kappa shape index (κ1) is 18.0. The number of primary sulfonamides is 1. The first-order chi connectivity index (χ1) is 12.2. The zero-order chi connectivity index (χ0) is 18.9. The molecule has 3 aromatic rings. The van der Waals surface area contributed by atoms with Crippen molar-refractivity contribution >= 4 is 43.8 Å². The van der Waals surface area contributed by atoms with Crippen molar-refractivity contribution in [1.82, 2.24) is 4.98 Å². The van der Waals surface area contributed by atoms with Crippen LogP contribution in [0.2, 0.25) is 0 Å². The number of halogens is 1. The fraction of sp³-hybridized carbons (Fsp3) is 0. The number of nitrogens with two attached hydrogens (primary N) is 2. The number of thiazole rings is 1. The van der Waals surface area contributed by atoms with Gasteiger partial charge < -0.3 is 11.1 Å². The van der Waals surface area contributed by atoms with Gasteiger partial charge in [0.25, 0.3) is 0 Å². The van der Waals surface area contributed by atoms with E-state index < -0.39 is 21.6 Å². The lowest BCUT2D eigenvalue weighted by Gasteiger charge is -2.04. The van der Waals surface area contributed by atoms with E-state index in [0.29, 0.717) is 5.69 Å². The summed E-state index contributed by atoms with van der Waals surface area (Å²) in [4.78, 5) is 16.6. The molecule has 1 heterocycles. The van der Waals surface area contributed by atoms with E-state index >= 15 is 0 Å². The Balaban J connectivity index is 1.88. The third-order valence-corrected chi connectivity index (χ3v) is 5.26. The first-order valence-corrected chi connectivity index (χ1v) is 9.57. The number of aromatic nitrogens is 1. The quantitative estimate of drug-likeness (QED) is 0.572. The number of benzene rings is 2. The standard InChI is InChI=1S/C16H13FN4O3S2/c17-10-4-1-3-9(7-10)13(22)14-15(18)21-16(25-14)20-11-5-2-6-12(8-11)26(19,23)24/h1-8H,18H2,(H,20,21)(H2,19,23,24). The molecular formula is C16H13FN4O3S2. The van der Waals surface area contributed by atoms with E-state index in [9.17, 15) is 17.6 Å². The molecule has 26 heavy (non-hydrogen) atoms. The van der Waals surface area contributed by atoms with Crippen LogP contribution < -0.4 is 16.2 Å². The van der Waals surface area contributed by atoms with Gasteiger partial charge in [0.2, 0.25) is 15.8 Å². The average molecular weight is 392 g/mol. The summed E-state index contributed by atoms with van der Waals surface area (Å²) in [6.07, 6.45) is 0. The normalized spacial score (nSPS) is 11.3. The van der Waals surface area contributed by atoms with Crippen molar-refractivity contribution in [2.45, 2.75) is 4.90 Å². The summed E-state index contributed by atoms with van der Waals surface area (Å²) in [5.74, 6) is -0.989. The predicted molar refractivity (Wildman–Crippen MR) is 97.5 cm³/mol. The number of ketones is 1. The summed E-state index contributed by atoms with van der Waals surface area (Å²) in [6.45, 7) is 0. The number of anilines is 3. The molecule has 0 saturated carbocycles. The van der Waals surface area contributed by atoms with Crippen LogP contribution in [0.15, 0.2) is 53.4 Å². The minimum atomic E-state index is -3.85. The number of hydrogen-bond donors (Lipinski definition) is 3. The van der Waals surface area contributed by atoms with Gasteiger partial charge in [-0.25, -0.2) is 22.9 Å². The third-order valence-electron chi connectivity index (χ3n) is 3.36. The molecule has 0 radical (unpaired) electrons. The number of hydrogen-bond acceptors (Lipinski definition) is 7. The van der Waals surface area contributed by atoms with Crippen LogP contribution in [0.3, 0.4) is 0 Å². The topological polar surface area (TPSA) is 128 Å². The Bertz CT molecular complexity index is 1100. The number of nitrogens with zero attached hydrogens (tertiary/aromatic N) is 1. The van der Waals surface area contributed by atoms with Crippen molar-refractivity contribution in [3.63, 3.8) is 0 Å². The Morgan fingerprint density at radius 2 is 1.88 bits per heavy atom.